The summed E-state index contributed by atoms with van der Waals surface area (Å²) in [7, 11) is -3.02. The van der Waals surface area contributed by atoms with Crippen LogP contribution in [-0.2, 0) is 21.2 Å². The van der Waals surface area contributed by atoms with Gasteiger partial charge >= 0.3 is 0 Å². The van der Waals surface area contributed by atoms with Crippen molar-refractivity contribution in [1.82, 2.24) is 0 Å². The van der Waals surface area contributed by atoms with Crippen molar-refractivity contribution >= 4 is 9.84 Å². The van der Waals surface area contributed by atoms with E-state index < -0.39 is 15.4 Å². The molecule has 84 valence electrons. The average Bonchev–Trinajstić information content (AvgIpc) is 1.99. The Balaban J connectivity index is 3.04. The molecular weight excluding hydrogens is 212 g/mol. The van der Waals surface area contributed by atoms with Gasteiger partial charge in [0, 0.05) is 6.26 Å². The molecule has 0 aromatic heterocycles. The second kappa shape index (κ2) is 3.94. The van der Waals surface area contributed by atoms with Crippen LogP contribution in [0.4, 0.5) is 0 Å². The molecule has 0 saturated heterocycles. The molecule has 0 aliphatic carbocycles. The van der Waals surface area contributed by atoms with Gasteiger partial charge in [-0.1, -0.05) is 24.3 Å². The van der Waals surface area contributed by atoms with E-state index in [0.29, 0.717) is 5.56 Å². The van der Waals surface area contributed by atoms with E-state index in [0.717, 1.165) is 5.56 Å². The first-order chi connectivity index (χ1) is 6.68. The molecule has 4 heteroatoms. The zero-order chi connectivity index (χ0) is 11.7. The number of hydrogen-bond donors (Lipinski definition) is 1. The first-order valence-electron chi connectivity index (χ1n) is 4.68. The van der Waals surface area contributed by atoms with Crippen LogP contribution < -0.4 is 0 Å². The monoisotopic (exact) mass is 228 g/mol. The summed E-state index contributed by atoms with van der Waals surface area (Å²) in [5, 5.41) is 9.76. The van der Waals surface area contributed by atoms with Gasteiger partial charge < -0.3 is 5.11 Å². The zero-order valence-electron chi connectivity index (χ0n) is 9.19. The second-order valence-corrected chi connectivity index (χ2v) is 6.47. The van der Waals surface area contributed by atoms with Gasteiger partial charge in [-0.25, -0.2) is 8.42 Å². The zero-order valence-corrected chi connectivity index (χ0v) is 10.0. The van der Waals surface area contributed by atoms with Crippen LogP contribution in [0.5, 0.6) is 0 Å². The molecule has 0 aliphatic heterocycles. The Labute approximate surface area is 90.7 Å². The van der Waals surface area contributed by atoms with Gasteiger partial charge in [0.2, 0.25) is 0 Å². The fourth-order valence-electron chi connectivity index (χ4n) is 1.34. The second-order valence-electron chi connectivity index (χ2n) is 4.33. The van der Waals surface area contributed by atoms with E-state index in [1.807, 2.05) is 0 Å². The summed E-state index contributed by atoms with van der Waals surface area (Å²) in [4.78, 5) is 0. The third kappa shape index (κ3) is 4.01. The molecular formula is C11H16O3S. The SMILES string of the molecule is CC(C)(O)c1cccc(CS(C)(=O)=O)c1. The minimum absolute atomic E-state index is 0.0108. The Morgan fingerprint density at radius 2 is 1.93 bits per heavy atom. The van der Waals surface area contributed by atoms with E-state index in [9.17, 15) is 13.5 Å². The van der Waals surface area contributed by atoms with Crippen molar-refractivity contribution in [2.45, 2.75) is 25.2 Å². The van der Waals surface area contributed by atoms with Crippen LogP contribution in [0.2, 0.25) is 0 Å². The van der Waals surface area contributed by atoms with Crippen molar-refractivity contribution in [3.63, 3.8) is 0 Å². The highest BCUT2D eigenvalue weighted by molar-refractivity contribution is 7.89. The lowest BCUT2D eigenvalue weighted by Gasteiger charge is -2.18. The predicted octanol–water partition coefficient (Wildman–Crippen LogP) is 1.46. The van der Waals surface area contributed by atoms with Gasteiger partial charge in [0.15, 0.2) is 9.84 Å². The van der Waals surface area contributed by atoms with Crippen molar-refractivity contribution in [1.29, 1.82) is 0 Å². The lowest BCUT2D eigenvalue weighted by Crippen LogP contribution is -2.15. The molecule has 0 bridgehead atoms. The number of benzene rings is 1. The van der Waals surface area contributed by atoms with Crippen molar-refractivity contribution in [3.8, 4) is 0 Å². The molecule has 1 aromatic rings. The van der Waals surface area contributed by atoms with Gasteiger partial charge in [0.25, 0.3) is 0 Å². The average molecular weight is 228 g/mol. The van der Waals surface area contributed by atoms with Crippen LogP contribution in [0.1, 0.15) is 25.0 Å². The van der Waals surface area contributed by atoms with Crippen molar-refractivity contribution < 1.29 is 13.5 Å². The van der Waals surface area contributed by atoms with E-state index in [2.05, 4.69) is 0 Å². The number of hydrogen-bond acceptors (Lipinski definition) is 3. The summed E-state index contributed by atoms with van der Waals surface area (Å²) in [6.07, 6.45) is 1.20. The van der Waals surface area contributed by atoms with E-state index in [-0.39, 0.29) is 5.75 Å². The molecule has 1 N–H and O–H groups in total. The lowest BCUT2D eigenvalue weighted by molar-refractivity contribution is 0.0785. The summed E-state index contributed by atoms with van der Waals surface area (Å²) < 4.78 is 22.2. The standard InChI is InChI=1S/C11H16O3S/c1-11(2,12)10-6-4-5-9(7-10)8-15(3,13)14/h4-7,12H,8H2,1-3H3. The number of sulfone groups is 1. The van der Waals surface area contributed by atoms with Gasteiger partial charge in [-0.05, 0) is 25.0 Å². The molecule has 0 heterocycles. The van der Waals surface area contributed by atoms with Gasteiger partial charge in [-0.3, -0.25) is 0 Å². The first kappa shape index (κ1) is 12.2. The molecule has 0 atom stereocenters. The van der Waals surface area contributed by atoms with Crippen molar-refractivity contribution in [3.05, 3.63) is 35.4 Å². The van der Waals surface area contributed by atoms with Gasteiger partial charge in [-0.15, -0.1) is 0 Å². The maximum atomic E-state index is 11.1. The Hall–Kier alpha value is -0.870. The van der Waals surface area contributed by atoms with Crippen molar-refractivity contribution in [2.24, 2.45) is 0 Å². The third-order valence-electron chi connectivity index (χ3n) is 2.06. The molecule has 1 rings (SSSR count). The highest BCUT2D eigenvalue weighted by Gasteiger charge is 2.16. The molecule has 1 aromatic carbocycles. The summed E-state index contributed by atoms with van der Waals surface area (Å²) in [6.45, 7) is 3.35. The molecule has 0 unspecified atom stereocenters. The van der Waals surface area contributed by atoms with Gasteiger partial charge in [-0.2, -0.15) is 0 Å². The Kier molecular flexibility index (Phi) is 3.21. The summed E-state index contributed by atoms with van der Waals surface area (Å²) in [5.74, 6) is 0.0108. The van der Waals surface area contributed by atoms with E-state index in [1.165, 1.54) is 6.26 Å². The number of rotatable bonds is 3. The molecule has 0 saturated carbocycles. The summed E-state index contributed by atoms with van der Waals surface area (Å²) >= 11 is 0. The van der Waals surface area contributed by atoms with Crippen LogP contribution in [0.15, 0.2) is 24.3 Å². The van der Waals surface area contributed by atoms with Gasteiger partial charge in [0.1, 0.15) is 0 Å². The Bertz CT molecular complexity index is 441. The quantitative estimate of drug-likeness (QED) is 0.852. The summed E-state index contributed by atoms with van der Waals surface area (Å²) in [6, 6.07) is 7.01. The maximum absolute atomic E-state index is 11.1. The third-order valence-corrected chi connectivity index (χ3v) is 2.92. The van der Waals surface area contributed by atoms with E-state index in [4.69, 9.17) is 0 Å². The van der Waals surface area contributed by atoms with E-state index in [1.54, 1.807) is 38.1 Å². The first-order valence-corrected chi connectivity index (χ1v) is 6.74. The Morgan fingerprint density at radius 3 is 2.40 bits per heavy atom. The van der Waals surface area contributed by atoms with Crippen LogP contribution in [-0.4, -0.2) is 19.8 Å². The molecule has 0 radical (unpaired) electrons. The maximum Gasteiger partial charge on any atom is 0.151 e. The number of aliphatic hydroxyl groups is 1. The van der Waals surface area contributed by atoms with Gasteiger partial charge in [0.05, 0.1) is 11.4 Å². The fraction of sp³-hybridized carbons (Fsp3) is 0.455. The minimum atomic E-state index is -3.02. The van der Waals surface area contributed by atoms with Crippen LogP contribution in [0, 0.1) is 0 Å². The minimum Gasteiger partial charge on any atom is -0.386 e. The summed E-state index contributed by atoms with van der Waals surface area (Å²) in [5.41, 5.74) is 0.494. The van der Waals surface area contributed by atoms with E-state index >= 15 is 0 Å². The molecule has 0 spiro atoms. The predicted molar refractivity (Wildman–Crippen MR) is 60.2 cm³/mol. The van der Waals surface area contributed by atoms with Crippen LogP contribution >= 0.6 is 0 Å². The Morgan fingerprint density at radius 1 is 1.33 bits per heavy atom. The highest BCUT2D eigenvalue weighted by Crippen LogP contribution is 2.21. The fourth-order valence-corrected chi connectivity index (χ4v) is 2.13. The molecule has 3 nitrogen and oxygen atoms in total. The molecule has 15 heavy (non-hydrogen) atoms. The lowest BCUT2D eigenvalue weighted by atomic mass is 9.97. The normalized spacial score (nSPS) is 12.8. The smallest absolute Gasteiger partial charge is 0.151 e. The van der Waals surface area contributed by atoms with Crippen molar-refractivity contribution in [2.75, 3.05) is 6.26 Å². The molecule has 0 aliphatic rings. The highest BCUT2D eigenvalue weighted by atomic mass is 32.2. The largest absolute Gasteiger partial charge is 0.386 e. The molecule has 0 fully saturated rings. The van der Waals surface area contributed by atoms with Crippen LogP contribution in [0.25, 0.3) is 0 Å². The molecule has 0 amide bonds. The van der Waals surface area contributed by atoms with Crippen LogP contribution in [0.3, 0.4) is 0 Å². The topological polar surface area (TPSA) is 54.4 Å².